The maximum atomic E-state index is 13.1. The van der Waals surface area contributed by atoms with Gasteiger partial charge in [0.25, 0.3) is 0 Å². The van der Waals surface area contributed by atoms with Crippen LogP contribution in [0.3, 0.4) is 0 Å². The lowest BCUT2D eigenvalue weighted by Crippen LogP contribution is -2.32. The number of benzene rings is 1. The smallest absolute Gasteiger partial charge is 0.336 e. The Kier molecular flexibility index (Phi) is 7.25. The Morgan fingerprint density at radius 2 is 1.78 bits per heavy atom. The maximum absolute atomic E-state index is 13.1. The molecule has 146 valence electrons. The van der Waals surface area contributed by atoms with Gasteiger partial charge in [-0.05, 0) is 44.7 Å². The number of Topliss-reactive ketones (excluding diaryl/α,β-unsaturated/α-hetero) is 1. The van der Waals surface area contributed by atoms with Gasteiger partial charge >= 0.3 is 5.97 Å². The van der Waals surface area contributed by atoms with Gasteiger partial charge in [-0.3, -0.25) is 4.79 Å². The van der Waals surface area contributed by atoms with Crippen molar-refractivity contribution in [1.82, 2.24) is 5.32 Å². The first-order valence-corrected chi connectivity index (χ1v) is 9.78. The number of dihydropyridines is 1. The van der Waals surface area contributed by atoms with Gasteiger partial charge in [-0.25, -0.2) is 4.79 Å². The van der Waals surface area contributed by atoms with Crippen molar-refractivity contribution in [2.45, 2.75) is 53.4 Å². The summed E-state index contributed by atoms with van der Waals surface area (Å²) < 4.78 is 5.29. The lowest BCUT2D eigenvalue weighted by atomic mass is 9.77. The third kappa shape index (κ3) is 4.81. The number of allylic oxidation sites excluding steroid dienone is 3. The summed E-state index contributed by atoms with van der Waals surface area (Å²) in [6.45, 7) is 9.92. The molecule has 4 nitrogen and oxygen atoms in total. The molecule has 0 saturated carbocycles. The van der Waals surface area contributed by atoms with Gasteiger partial charge in [0, 0.05) is 34.3 Å². The van der Waals surface area contributed by atoms with Crippen molar-refractivity contribution in [1.29, 1.82) is 0 Å². The molecule has 0 saturated heterocycles. The van der Waals surface area contributed by atoms with Gasteiger partial charge in [0.05, 0.1) is 12.2 Å². The third-order valence-electron chi connectivity index (χ3n) is 4.72. The number of halogens is 1. The Bertz CT molecular complexity index is 793. The predicted octanol–water partition coefficient (Wildman–Crippen LogP) is 5.14. The molecule has 0 aromatic heterocycles. The van der Waals surface area contributed by atoms with E-state index in [4.69, 9.17) is 16.3 Å². The summed E-state index contributed by atoms with van der Waals surface area (Å²) in [6.07, 6.45) is 1.23. The van der Waals surface area contributed by atoms with Crippen LogP contribution in [0.1, 0.15) is 58.9 Å². The number of carbonyl (C=O) groups excluding carboxylic acids is 2. The van der Waals surface area contributed by atoms with E-state index in [-0.39, 0.29) is 12.4 Å². The van der Waals surface area contributed by atoms with E-state index in [1.165, 1.54) is 0 Å². The van der Waals surface area contributed by atoms with Gasteiger partial charge in [-0.15, -0.1) is 0 Å². The van der Waals surface area contributed by atoms with E-state index in [1.54, 1.807) is 13.0 Å². The molecule has 0 amide bonds. The molecule has 2 rings (SSSR count). The molecule has 1 aromatic carbocycles. The van der Waals surface area contributed by atoms with Gasteiger partial charge in [0.1, 0.15) is 0 Å². The first-order chi connectivity index (χ1) is 12.8. The van der Waals surface area contributed by atoms with Crippen molar-refractivity contribution < 1.29 is 14.3 Å². The van der Waals surface area contributed by atoms with E-state index >= 15 is 0 Å². The van der Waals surface area contributed by atoms with E-state index in [0.717, 1.165) is 17.7 Å². The first-order valence-electron chi connectivity index (χ1n) is 9.41. The largest absolute Gasteiger partial charge is 0.463 e. The average molecular weight is 390 g/mol. The van der Waals surface area contributed by atoms with Gasteiger partial charge in [0.2, 0.25) is 0 Å². The van der Waals surface area contributed by atoms with Crippen LogP contribution in [-0.2, 0) is 14.3 Å². The normalized spacial score (nSPS) is 17.2. The molecule has 0 radical (unpaired) electrons. The number of ketones is 1. The Morgan fingerprint density at radius 3 is 2.37 bits per heavy atom. The highest BCUT2D eigenvalue weighted by Crippen LogP contribution is 2.42. The molecule has 0 aliphatic carbocycles. The van der Waals surface area contributed by atoms with Crippen LogP contribution in [-0.4, -0.2) is 18.4 Å². The second-order valence-electron chi connectivity index (χ2n) is 7.23. The highest BCUT2D eigenvalue weighted by molar-refractivity contribution is 6.31. The highest BCUT2D eigenvalue weighted by atomic mass is 35.5. The van der Waals surface area contributed by atoms with E-state index in [0.29, 0.717) is 34.2 Å². The molecular weight excluding hydrogens is 362 g/mol. The monoisotopic (exact) mass is 389 g/mol. The van der Waals surface area contributed by atoms with E-state index in [2.05, 4.69) is 19.2 Å². The molecule has 27 heavy (non-hydrogen) atoms. The summed E-state index contributed by atoms with van der Waals surface area (Å²) in [4.78, 5) is 25.9. The number of rotatable bonds is 7. The zero-order chi connectivity index (χ0) is 20.1. The third-order valence-corrected chi connectivity index (χ3v) is 5.07. The fourth-order valence-electron chi connectivity index (χ4n) is 3.42. The predicted molar refractivity (Wildman–Crippen MR) is 108 cm³/mol. The molecule has 1 heterocycles. The zero-order valence-corrected chi connectivity index (χ0v) is 17.4. The van der Waals surface area contributed by atoms with Gasteiger partial charge in [-0.2, -0.15) is 0 Å². The van der Waals surface area contributed by atoms with Crippen molar-refractivity contribution in [3.8, 4) is 0 Å². The molecule has 1 aromatic rings. The Hall–Kier alpha value is -2.07. The first kappa shape index (κ1) is 21.2. The number of hydrogen-bond acceptors (Lipinski definition) is 4. The van der Waals surface area contributed by atoms with Crippen molar-refractivity contribution in [2.24, 2.45) is 5.92 Å². The van der Waals surface area contributed by atoms with Crippen LogP contribution in [0, 0.1) is 5.92 Å². The summed E-state index contributed by atoms with van der Waals surface area (Å²) in [5.41, 5.74) is 3.24. The molecular formula is C22H28ClNO3. The molecule has 1 N–H and O–H groups in total. The zero-order valence-electron chi connectivity index (χ0n) is 16.7. The molecule has 1 aliphatic rings. The number of nitrogens with one attached hydrogen (secondary N) is 1. The standard InChI is InChI=1S/C22H28ClNO3/c1-6-27-22(26)20-15(5)24-14(4)19(18(25)12-11-13(2)3)21(20)16-9-7-8-10-17(16)23/h7-10,13,21,24H,6,11-12H2,1-5H3. The fourth-order valence-corrected chi connectivity index (χ4v) is 3.66. The lowest BCUT2D eigenvalue weighted by Gasteiger charge is -2.31. The molecule has 0 bridgehead atoms. The summed E-state index contributed by atoms with van der Waals surface area (Å²) >= 11 is 6.47. The maximum Gasteiger partial charge on any atom is 0.336 e. The molecule has 1 aliphatic heterocycles. The molecule has 1 atom stereocenters. The van der Waals surface area contributed by atoms with Crippen molar-refractivity contribution in [2.75, 3.05) is 6.61 Å². The average Bonchev–Trinajstić information content (AvgIpc) is 2.59. The topological polar surface area (TPSA) is 55.4 Å². The summed E-state index contributed by atoms with van der Waals surface area (Å²) in [5.74, 6) is -0.493. The second-order valence-corrected chi connectivity index (χ2v) is 7.64. The van der Waals surface area contributed by atoms with Crippen LogP contribution in [0.15, 0.2) is 46.8 Å². The number of ether oxygens (including phenoxy) is 1. The SMILES string of the molecule is CCOC(=O)C1=C(C)NC(C)=C(C(=O)CCC(C)C)C1c1ccccc1Cl. The van der Waals surface area contributed by atoms with Crippen LogP contribution in [0.2, 0.25) is 5.02 Å². The molecule has 5 heteroatoms. The van der Waals surface area contributed by atoms with Gasteiger partial charge in [-0.1, -0.05) is 43.6 Å². The Morgan fingerprint density at radius 1 is 1.15 bits per heavy atom. The number of esters is 1. The minimum atomic E-state index is -0.529. The van der Waals surface area contributed by atoms with Crippen molar-refractivity contribution in [3.63, 3.8) is 0 Å². The number of hydrogen-bond donors (Lipinski definition) is 1. The van der Waals surface area contributed by atoms with Crippen LogP contribution in [0.5, 0.6) is 0 Å². The number of carbonyl (C=O) groups is 2. The Balaban J connectivity index is 2.59. The summed E-state index contributed by atoms with van der Waals surface area (Å²) in [7, 11) is 0. The second kappa shape index (κ2) is 9.23. The van der Waals surface area contributed by atoms with Crippen molar-refractivity contribution >= 4 is 23.4 Å². The van der Waals surface area contributed by atoms with Gasteiger partial charge < -0.3 is 10.1 Å². The van der Waals surface area contributed by atoms with E-state index in [9.17, 15) is 9.59 Å². The quantitative estimate of drug-likeness (QED) is 0.655. The fraction of sp³-hybridized carbons (Fsp3) is 0.455. The molecule has 1 unspecified atom stereocenters. The van der Waals surface area contributed by atoms with Crippen LogP contribution < -0.4 is 5.32 Å². The van der Waals surface area contributed by atoms with E-state index < -0.39 is 11.9 Å². The van der Waals surface area contributed by atoms with Crippen LogP contribution in [0.4, 0.5) is 0 Å². The van der Waals surface area contributed by atoms with Crippen molar-refractivity contribution in [3.05, 3.63) is 57.4 Å². The Labute approximate surface area is 166 Å². The van der Waals surface area contributed by atoms with Crippen LogP contribution in [0.25, 0.3) is 0 Å². The van der Waals surface area contributed by atoms with Gasteiger partial charge in [0.15, 0.2) is 5.78 Å². The molecule has 0 spiro atoms. The lowest BCUT2D eigenvalue weighted by molar-refractivity contribution is -0.138. The van der Waals surface area contributed by atoms with Crippen LogP contribution >= 0.6 is 11.6 Å². The minimum Gasteiger partial charge on any atom is -0.463 e. The summed E-state index contributed by atoms with van der Waals surface area (Å²) in [6, 6.07) is 7.35. The minimum absolute atomic E-state index is 0.0351. The highest BCUT2D eigenvalue weighted by Gasteiger charge is 2.37. The molecule has 0 fully saturated rings. The van der Waals surface area contributed by atoms with E-state index in [1.807, 2.05) is 32.0 Å². The summed E-state index contributed by atoms with van der Waals surface area (Å²) in [5, 5.41) is 3.73.